The Balaban J connectivity index is 1.36. The fourth-order valence-electron chi connectivity index (χ4n) is 3.18. The molecule has 1 fully saturated rings. The van der Waals surface area contributed by atoms with Crippen LogP contribution < -0.4 is 4.74 Å². The molecule has 1 aliphatic heterocycles. The molecule has 0 N–H and O–H groups in total. The minimum Gasteiger partial charge on any atom is -0.409 e. The lowest BCUT2D eigenvalue weighted by Gasteiger charge is -2.29. The van der Waals surface area contributed by atoms with Gasteiger partial charge in [0.25, 0.3) is 0 Å². The number of piperidine rings is 1. The van der Waals surface area contributed by atoms with Crippen molar-refractivity contribution < 1.29 is 14.1 Å². The van der Waals surface area contributed by atoms with Crippen LogP contribution in [0.2, 0.25) is 0 Å². The van der Waals surface area contributed by atoms with Crippen molar-refractivity contribution in [3.05, 3.63) is 60.2 Å². The molecule has 2 aromatic heterocycles. The van der Waals surface area contributed by atoms with E-state index in [1.807, 2.05) is 31.2 Å². The molecule has 1 aromatic carbocycles. The highest BCUT2D eigenvalue weighted by molar-refractivity contribution is 5.70. The van der Waals surface area contributed by atoms with Gasteiger partial charge in [0.2, 0.25) is 11.7 Å². The summed E-state index contributed by atoms with van der Waals surface area (Å²) in [6.07, 6.45) is 4.33. The smallest absolute Gasteiger partial charge is 0.409 e. The lowest BCUT2D eigenvalue weighted by atomic mass is 9.97. The molecule has 0 unspecified atom stereocenters. The number of ether oxygens (including phenoxy) is 1. The Hall–Kier alpha value is -3.22. The maximum atomic E-state index is 12.3. The molecule has 3 heterocycles. The number of hydrogen-bond acceptors (Lipinski definition) is 6. The van der Waals surface area contributed by atoms with Crippen LogP contribution in [-0.2, 0) is 0 Å². The molecule has 0 radical (unpaired) electrons. The zero-order chi connectivity index (χ0) is 18.6. The standard InChI is InChI=1S/C20H20N4O3/c1-14-4-2-5-16(12-14)18-22-19(27-23-18)15-7-10-24(11-8-15)20(25)26-17-6-3-9-21-13-17/h2-6,9,12-13,15H,7-8,10-11H2,1H3. The second-order valence-electron chi connectivity index (χ2n) is 6.64. The third-order valence-corrected chi connectivity index (χ3v) is 4.66. The van der Waals surface area contributed by atoms with E-state index in [0.717, 1.165) is 24.0 Å². The fraction of sp³-hybridized carbons (Fsp3) is 0.300. The Labute approximate surface area is 157 Å². The first-order valence-corrected chi connectivity index (χ1v) is 8.96. The lowest BCUT2D eigenvalue weighted by Crippen LogP contribution is -2.39. The van der Waals surface area contributed by atoms with Gasteiger partial charge >= 0.3 is 6.09 Å². The molecule has 1 saturated heterocycles. The van der Waals surface area contributed by atoms with Gasteiger partial charge in [0.1, 0.15) is 0 Å². The lowest BCUT2D eigenvalue weighted by molar-refractivity contribution is 0.135. The zero-order valence-electron chi connectivity index (χ0n) is 15.0. The SMILES string of the molecule is Cc1cccc(-c2noc(C3CCN(C(=O)Oc4cccnc4)CC3)n2)c1. The first-order chi connectivity index (χ1) is 13.2. The van der Waals surface area contributed by atoms with Crippen molar-refractivity contribution in [3.63, 3.8) is 0 Å². The average Bonchev–Trinajstić information content (AvgIpc) is 3.19. The second kappa shape index (κ2) is 7.57. The maximum Gasteiger partial charge on any atom is 0.415 e. The number of benzene rings is 1. The minimum absolute atomic E-state index is 0.151. The molecule has 0 aliphatic carbocycles. The first kappa shape index (κ1) is 17.2. The van der Waals surface area contributed by atoms with Gasteiger partial charge in [0.15, 0.2) is 5.75 Å². The van der Waals surface area contributed by atoms with Crippen molar-refractivity contribution in [2.45, 2.75) is 25.7 Å². The van der Waals surface area contributed by atoms with E-state index in [-0.39, 0.29) is 12.0 Å². The minimum atomic E-state index is -0.354. The summed E-state index contributed by atoms with van der Waals surface area (Å²) in [5.74, 6) is 1.83. The third kappa shape index (κ3) is 3.97. The van der Waals surface area contributed by atoms with Crippen molar-refractivity contribution >= 4 is 6.09 Å². The van der Waals surface area contributed by atoms with Crippen molar-refractivity contribution in [2.24, 2.45) is 0 Å². The van der Waals surface area contributed by atoms with Crippen LogP contribution in [0.1, 0.15) is 30.2 Å². The molecule has 0 spiro atoms. The highest BCUT2D eigenvalue weighted by atomic mass is 16.6. The monoisotopic (exact) mass is 364 g/mol. The molecule has 7 heteroatoms. The van der Waals surface area contributed by atoms with Gasteiger partial charge in [-0.3, -0.25) is 4.98 Å². The molecule has 1 aliphatic rings. The van der Waals surface area contributed by atoms with Crippen LogP contribution in [0.15, 0.2) is 53.3 Å². The Kier molecular flexibility index (Phi) is 4.82. The molecule has 0 atom stereocenters. The number of carbonyl (C=O) groups is 1. The number of likely N-dealkylation sites (tertiary alicyclic amines) is 1. The van der Waals surface area contributed by atoms with Gasteiger partial charge in [-0.2, -0.15) is 4.98 Å². The molecule has 7 nitrogen and oxygen atoms in total. The average molecular weight is 364 g/mol. The molecule has 4 rings (SSSR count). The van der Waals surface area contributed by atoms with Crippen LogP contribution in [0.3, 0.4) is 0 Å². The van der Waals surface area contributed by atoms with Gasteiger partial charge in [-0.05, 0) is 38.0 Å². The van der Waals surface area contributed by atoms with Crippen LogP contribution >= 0.6 is 0 Å². The number of aryl methyl sites for hydroxylation is 1. The zero-order valence-corrected chi connectivity index (χ0v) is 15.0. The maximum absolute atomic E-state index is 12.3. The van der Waals surface area contributed by atoms with Gasteiger partial charge in [-0.1, -0.05) is 28.9 Å². The number of pyridine rings is 1. The molecule has 27 heavy (non-hydrogen) atoms. The highest BCUT2D eigenvalue weighted by Gasteiger charge is 2.28. The Morgan fingerprint density at radius 1 is 1.22 bits per heavy atom. The summed E-state index contributed by atoms with van der Waals surface area (Å²) in [7, 11) is 0. The van der Waals surface area contributed by atoms with E-state index < -0.39 is 0 Å². The number of amides is 1. The number of rotatable bonds is 3. The van der Waals surface area contributed by atoms with Gasteiger partial charge in [-0.25, -0.2) is 4.79 Å². The molecule has 138 valence electrons. The van der Waals surface area contributed by atoms with E-state index in [0.29, 0.717) is 30.6 Å². The van der Waals surface area contributed by atoms with E-state index in [2.05, 4.69) is 15.1 Å². The third-order valence-electron chi connectivity index (χ3n) is 4.66. The predicted octanol–water partition coefficient (Wildman–Crippen LogP) is 3.82. The first-order valence-electron chi connectivity index (χ1n) is 8.96. The number of aromatic nitrogens is 3. The number of hydrogen-bond donors (Lipinski definition) is 0. The van der Waals surface area contributed by atoms with E-state index >= 15 is 0 Å². The predicted molar refractivity (Wildman–Crippen MR) is 98.3 cm³/mol. The highest BCUT2D eigenvalue weighted by Crippen LogP contribution is 2.29. The van der Waals surface area contributed by atoms with E-state index in [1.165, 1.54) is 6.20 Å². The fourth-order valence-corrected chi connectivity index (χ4v) is 3.18. The van der Waals surface area contributed by atoms with Crippen molar-refractivity contribution in [1.82, 2.24) is 20.0 Å². The normalized spacial score (nSPS) is 14.9. The van der Waals surface area contributed by atoms with Crippen molar-refractivity contribution in [1.29, 1.82) is 0 Å². The van der Waals surface area contributed by atoms with Crippen LogP contribution in [0, 0.1) is 6.92 Å². The summed E-state index contributed by atoms with van der Waals surface area (Å²) in [5.41, 5.74) is 2.10. The molecule has 0 bridgehead atoms. The van der Waals surface area contributed by atoms with Gasteiger partial charge < -0.3 is 14.2 Å². The van der Waals surface area contributed by atoms with Crippen molar-refractivity contribution in [3.8, 4) is 17.1 Å². The second-order valence-corrected chi connectivity index (χ2v) is 6.64. The summed E-state index contributed by atoms with van der Waals surface area (Å²) in [6, 6.07) is 11.5. The molecular formula is C20H20N4O3. The summed E-state index contributed by atoms with van der Waals surface area (Å²) < 4.78 is 10.8. The molecular weight excluding hydrogens is 344 g/mol. The van der Waals surface area contributed by atoms with Crippen LogP contribution in [-0.4, -0.2) is 39.2 Å². The summed E-state index contributed by atoms with van der Waals surface area (Å²) in [6.45, 7) is 3.21. The van der Waals surface area contributed by atoms with Crippen molar-refractivity contribution in [2.75, 3.05) is 13.1 Å². The molecule has 0 saturated carbocycles. The number of carbonyl (C=O) groups excluding carboxylic acids is 1. The molecule has 1 amide bonds. The summed E-state index contributed by atoms with van der Waals surface area (Å²) >= 11 is 0. The number of nitrogens with zero attached hydrogens (tertiary/aromatic N) is 4. The van der Waals surface area contributed by atoms with E-state index in [9.17, 15) is 4.79 Å². The summed E-state index contributed by atoms with van der Waals surface area (Å²) in [5, 5.41) is 4.11. The van der Waals surface area contributed by atoms with Crippen LogP contribution in [0.5, 0.6) is 5.75 Å². The largest absolute Gasteiger partial charge is 0.415 e. The quantitative estimate of drug-likeness (QED) is 0.703. The van der Waals surface area contributed by atoms with Crippen LogP contribution in [0.25, 0.3) is 11.4 Å². The Morgan fingerprint density at radius 3 is 2.81 bits per heavy atom. The van der Waals surface area contributed by atoms with E-state index in [4.69, 9.17) is 9.26 Å². The molecule has 3 aromatic rings. The Morgan fingerprint density at radius 2 is 2.07 bits per heavy atom. The Bertz CT molecular complexity index is 918. The topological polar surface area (TPSA) is 81.4 Å². The van der Waals surface area contributed by atoms with Gasteiger partial charge in [-0.15, -0.1) is 0 Å². The van der Waals surface area contributed by atoms with E-state index in [1.54, 1.807) is 23.2 Å². The van der Waals surface area contributed by atoms with Gasteiger partial charge in [0.05, 0.1) is 6.20 Å². The van der Waals surface area contributed by atoms with Gasteiger partial charge in [0, 0.05) is 30.8 Å². The van der Waals surface area contributed by atoms with Crippen LogP contribution in [0.4, 0.5) is 4.79 Å². The summed E-state index contributed by atoms with van der Waals surface area (Å²) in [4.78, 5) is 22.5.